The quantitative estimate of drug-likeness (QED) is 0.212. The topological polar surface area (TPSA) is 194 Å². The molecule has 0 aliphatic carbocycles. The minimum absolute atomic E-state index is 0.132. The van der Waals surface area contributed by atoms with Crippen molar-refractivity contribution in [3.05, 3.63) is 0 Å². The van der Waals surface area contributed by atoms with Crippen LogP contribution in [0, 0.1) is 17.8 Å². The van der Waals surface area contributed by atoms with E-state index in [0.29, 0.717) is 6.42 Å². The van der Waals surface area contributed by atoms with Gasteiger partial charge in [-0.05, 0) is 17.8 Å². The Labute approximate surface area is 183 Å². The van der Waals surface area contributed by atoms with E-state index in [0.717, 1.165) is 0 Å². The monoisotopic (exact) mass is 443 g/mol. The first-order valence-electron chi connectivity index (χ1n) is 10.4. The van der Waals surface area contributed by atoms with Crippen LogP contribution in [0.3, 0.4) is 0 Å². The lowest BCUT2D eigenvalue weighted by Crippen LogP contribution is -2.60. The van der Waals surface area contributed by atoms with Crippen LogP contribution in [0.5, 0.6) is 0 Å². The van der Waals surface area contributed by atoms with Gasteiger partial charge in [-0.15, -0.1) is 0 Å². The first-order valence-corrected chi connectivity index (χ1v) is 10.4. The molecule has 0 bridgehead atoms. The summed E-state index contributed by atoms with van der Waals surface area (Å²) in [5, 5.41) is 16.7. The number of primary amides is 1. The molecule has 8 N–H and O–H groups in total. The molecule has 11 heteroatoms. The Kier molecular flexibility index (Phi) is 11.8. The summed E-state index contributed by atoms with van der Waals surface area (Å²) in [5.41, 5.74) is 10.9. The van der Waals surface area contributed by atoms with E-state index in [1.54, 1.807) is 41.5 Å². The number of carbonyl (C=O) groups is 5. The Balaban J connectivity index is 5.53. The van der Waals surface area contributed by atoms with Crippen molar-refractivity contribution in [1.29, 1.82) is 0 Å². The van der Waals surface area contributed by atoms with Crippen molar-refractivity contribution in [2.75, 3.05) is 0 Å². The third kappa shape index (κ3) is 9.33. The molecule has 5 atom stereocenters. The molecular weight excluding hydrogens is 406 g/mol. The average Bonchev–Trinajstić information content (AvgIpc) is 2.66. The molecule has 0 aromatic rings. The van der Waals surface area contributed by atoms with Crippen LogP contribution in [0.4, 0.5) is 0 Å². The molecule has 31 heavy (non-hydrogen) atoms. The van der Waals surface area contributed by atoms with Gasteiger partial charge >= 0.3 is 5.97 Å². The second kappa shape index (κ2) is 12.9. The summed E-state index contributed by atoms with van der Waals surface area (Å²) in [7, 11) is 0. The van der Waals surface area contributed by atoms with Gasteiger partial charge in [-0.1, -0.05) is 48.0 Å². The SMILES string of the molecule is CC[C@H](C)[C@H](NC(=O)[C@@H](NC(=O)[C@@H](N)C(C)C)C(C)C)C(=O)N[C@@H](CC(N)=O)C(=O)O. The molecule has 0 radical (unpaired) electrons. The maximum atomic E-state index is 12.9. The lowest BCUT2D eigenvalue weighted by molar-refractivity contribution is -0.144. The molecule has 4 amide bonds. The summed E-state index contributed by atoms with van der Waals surface area (Å²) in [4.78, 5) is 60.4. The summed E-state index contributed by atoms with van der Waals surface area (Å²) in [6, 6.07) is -4.34. The minimum atomic E-state index is -1.52. The van der Waals surface area contributed by atoms with Crippen LogP contribution in [0.2, 0.25) is 0 Å². The van der Waals surface area contributed by atoms with E-state index in [1.165, 1.54) is 0 Å². The molecule has 0 saturated heterocycles. The van der Waals surface area contributed by atoms with Crippen LogP contribution in [0.25, 0.3) is 0 Å². The highest BCUT2D eigenvalue weighted by molar-refractivity contribution is 5.95. The molecule has 0 spiro atoms. The lowest BCUT2D eigenvalue weighted by atomic mass is 9.95. The highest BCUT2D eigenvalue weighted by atomic mass is 16.4. The summed E-state index contributed by atoms with van der Waals surface area (Å²) >= 11 is 0. The maximum Gasteiger partial charge on any atom is 0.326 e. The number of rotatable bonds is 13. The summed E-state index contributed by atoms with van der Waals surface area (Å²) in [5.74, 6) is -4.93. The number of nitrogens with two attached hydrogens (primary N) is 2. The zero-order valence-corrected chi connectivity index (χ0v) is 19.1. The maximum absolute atomic E-state index is 12.9. The van der Waals surface area contributed by atoms with E-state index in [-0.39, 0.29) is 17.8 Å². The van der Waals surface area contributed by atoms with E-state index in [1.807, 2.05) is 0 Å². The summed E-state index contributed by atoms with van der Waals surface area (Å²) < 4.78 is 0. The number of hydrogen-bond donors (Lipinski definition) is 6. The Bertz CT molecular complexity index is 666. The van der Waals surface area contributed by atoms with Crippen molar-refractivity contribution in [1.82, 2.24) is 16.0 Å². The van der Waals surface area contributed by atoms with Crippen LogP contribution < -0.4 is 27.4 Å². The van der Waals surface area contributed by atoms with Crippen molar-refractivity contribution >= 4 is 29.6 Å². The predicted octanol–water partition coefficient (Wildman–Crippen LogP) is -0.914. The summed E-state index contributed by atoms with van der Waals surface area (Å²) in [6.07, 6.45) is -0.0805. The first-order chi connectivity index (χ1) is 14.2. The Morgan fingerprint density at radius 2 is 1.29 bits per heavy atom. The molecule has 0 saturated carbocycles. The zero-order valence-electron chi connectivity index (χ0n) is 19.1. The largest absolute Gasteiger partial charge is 0.480 e. The standard InChI is InChI=1S/C20H37N5O6/c1-7-11(6)16(19(29)23-12(20(30)31)8-13(21)26)25-18(28)15(10(4)5)24-17(27)14(22)9(2)3/h9-12,14-16H,7-8,22H2,1-6H3,(H2,21,26)(H,23,29)(H,24,27)(H,25,28)(H,30,31)/t11-,12-,14-,15-,16-/m0/s1. The molecule has 0 rings (SSSR count). The van der Waals surface area contributed by atoms with Gasteiger partial charge in [0.2, 0.25) is 23.6 Å². The number of aliphatic carboxylic acids is 1. The van der Waals surface area contributed by atoms with Gasteiger partial charge in [0, 0.05) is 0 Å². The number of carbonyl (C=O) groups excluding carboxylic acids is 4. The van der Waals surface area contributed by atoms with Crippen molar-refractivity contribution in [3.8, 4) is 0 Å². The minimum Gasteiger partial charge on any atom is -0.480 e. The van der Waals surface area contributed by atoms with E-state index in [2.05, 4.69) is 16.0 Å². The second-order valence-corrected chi connectivity index (χ2v) is 8.44. The van der Waals surface area contributed by atoms with Gasteiger partial charge in [-0.2, -0.15) is 0 Å². The van der Waals surface area contributed by atoms with Gasteiger partial charge < -0.3 is 32.5 Å². The van der Waals surface area contributed by atoms with Crippen LogP contribution >= 0.6 is 0 Å². The number of carboxylic acid groups (broad SMARTS) is 1. The number of nitrogens with one attached hydrogen (secondary N) is 3. The molecule has 0 unspecified atom stereocenters. The number of carboxylic acids is 1. The highest BCUT2D eigenvalue weighted by Gasteiger charge is 2.34. The molecule has 11 nitrogen and oxygen atoms in total. The van der Waals surface area contributed by atoms with Gasteiger partial charge in [0.25, 0.3) is 0 Å². The molecule has 0 heterocycles. The molecule has 0 aliphatic heterocycles. The molecule has 0 fully saturated rings. The second-order valence-electron chi connectivity index (χ2n) is 8.44. The fourth-order valence-corrected chi connectivity index (χ4v) is 2.69. The van der Waals surface area contributed by atoms with Crippen LogP contribution in [0.1, 0.15) is 54.4 Å². The fourth-order valence-electron chi connectivity index (χ4n) is 2.69. The normalized spacial score (nSPS) is 16.0. The van der Waals surface area contributed by atoms with E-state index in [4.69, 9.17) is 11.5 Å². The Morgan fingerprint density at radius 1 is 0.806 bits per heavy atom. The van der Waals surface area contributed by atoms with Gasteiger partial charge in [0.05, 0.1) is 12.5 Å². The highest BCUT2D eigenvalue weighted by Crippen LogP contribution is 2.11. The fraction of sp³-hybridized carbons (Fsp3) is 0.750. The van der Waals surface area contributed by atoms with Crippen molar-refractivity contribution in [3.63, 3.8) is 0 Å². The van der Waals surface area contributed by atoms with Gasteiger partial charge in [0.1, 0.15) is 18.1 Å². The lowest BCUT2D eigenvalue weighted by Gasteiger charge is -2.29. The average molecular weight is 444 g/mol. The zero-order chi connectivity index (χ0) is 24.5. The molecule has 178 valence electrons. The van der Waals surface area contributed by atoms with Gasteiger partial charge in [-0.25, -0.2) is 4.79 Å². The predicted molar refractivity (Wildman–Crippen MR) is 114 cm³/mol. The third-order valence-corrected chi connectivity index (χ3v) is 5.08. The van der Waals surface area contributed by atoms with E-state index in [9.17, 15) is 29.1 Å². The van der Waals surface area contributed by atoms with Crippen molar-refractivity contribution in [2.45, 2.75) is 78.6 Å². The van der Waals surface area contributed by atoms with Crippen LogP contribution in [0.15, 0.2) is 0 Å². The number of hydrogen-bond acceptors (Lipinski definition) is 6. The van der Waals surface area contributed by atoms with Gasteiger partial charge in [0.15, 0.2) is 0 Å². The van der Waals surface area contributed by atoms with E-state index < -0.39 is 60.2 Å². The van der Waals surface area contributed by atoms with Crippen LogP contribution in [-0.4, -0.2) is 58.9 Å². The molecule has 0 aliphatic rings. The Hall–Kier alpha value is -2.69. The van der Waals surface area contributed by atoms with Crippen molar-refractivity contribution < 1.29 is 29.1 Å². The molecule has 0 aromatic carbocycles. The third-order valence-electron chi connectivity index (χ3n) is 5.08. The van der Waals surface area contributed by atoms with Crippen molar-refractivity contribution in [2.24, 2.45) is 29.2 Å². The first kappa shape index (κ1) is 28.3. The number of amides is 4. The van der Waals surface area contributed by atoms with Crippen LogP contribution in [-0.2, 0) is 24.0 Å². The molecule has 0 aromatic heterocycles. The summed E-state index contributed by atoms with van der Waals surface area (Å²) in [6.45, 7) is 10.5. The smallest absolute Gasteiger partial charge is 0.326 e. The van der Waals surface area contributed by atoms with E-state index >= 15 is 0 Å². The Morgan fingerprint density at radius 3 is 1.68 bits per heavy atom. The molecular formula is C20H37N5O6. The van der Waals surface area contributed by atoms with Gasteiger partial charge in [-0.3, -0.25) is 19.2 Å².